The minimum atomic E-state index is -4.44. The molecule has 0 aliphatic carbocycles. The third-order valence-electron chi connectivity index (χ3n) is 2.51. The van der Waals surface area contributed by atoms with Crippen LogP contribution in [0.2, 0.25) is 0 Å². The molecule has 0 saturated carbocycles. The zero-order valence-electron chi connectivity index (χ0n) is 10.5. The topological polar surface area (TPSA) is 35.2 Å². The van der Waals surface area contributed by atoms with E-state index in [1.54, 1.807) is 6.07 Å². The van der Waals surface area contributed by atoms with E-state index in [1.807, 2.05) is 0 Å². The number of terminal acetylenes is 1. The van der Waals surface area contributed by atoms with Gasteiger partial charge in [-0.25, -0.2) is 0 Å². The Labute approximate surface area is 110 Å². The molecule has 2 N–H and O–H groups in total. The zero-order chi connectivity index (χ0) is 14.3. The van der Waals surface area contributed by atoms with E-state index in [1.165, 1.54) is 6.07 Å². The van der Waals surface area contributed by atoms with Crippen molar-refractivity contribution < 1.29 is 17.9 Å². The van der Waals surface area contributed by atoms with Crippen LogP contribution < -0.4 is 10.5 Å². The summed E-state index contributed by atoms with van der Waals surface area (Å²) in [6.07, 6.45) is 2.03. The van der Waals surface area contributed by atoms with Crippen LogP contribution in [-0.4, -0.2) is 13.2 Å². The molecule has 0 saturated heterocycles. The first-order valence-electron chi connectivity index (χ1n) is 5.95. The van der Waals surface area contributed by atoms with Crippen LogP contribution in [0.25, 0.3) is 0 Å². The number of hydrogen-bond acceptors (Lipinski definition) is 2. The average Bonchev–Trinajstić information content (AvgIpc) is 2.35. The minimum absolute atomic E-state index is 0.162. The number of unbranched alkanes of at least 4 members (excludes halogenated alkanes) is 1. The molecule has 1 aromatic carbocycles. The quantitative estimate of drug-likeness (QED) is 0.637. The van der Waals surface area contributed by atoms with E-state index in [0.717, 1.165) is 6.07 Å². The maximum Gasteiger partial charge on any atom is 0.419 e. The summed E-state index contributed by atoms with van der Waals surface area (Å²) in [5.41, 5.74) is 5.12. The highest BCUT2D eigenvalue weighted by Gasteiger charge is 2.34. The maximum absolute atomic E-state index is 12.9. The first-order chi connectivity index (χ1) is 8.99. The molecule has 0 bridgehead atoms. The third kappa shape index (κ3) is 4.84. The fourth-order valence-electron chi connectivity index (χ4n) is 1.60. The molecule has 0 aliphatic rings. The number of halogens is 3. The van der Waals surface area contributed by atoms with Gasteiger partial charge in [-0.1, -0.05) is 6.07 Å². The molecule has 0 aliphatic heterocycles. The van der Waals surface area contributed by atoms with E-state index >= 15 is 0 Å². The summed E-state index contributed by atoms with van der Waals surface area (Å²) >= 11 is 0. The second-order valence-electron chi connectivity index (χ2n) is 4.02. The number of rotatable bonds is 6. The number of nitrogens with two attached hydrogens (primary N) is 1. The van der Waals surface area contributed by atoms with Crippen molar-refractivity contribution in [2.24, 2.45) is 5.73 Å². The van der Waals surface area contributed by atoms with Gasteiger partial charge in [0.1, 0.15) is 5.75 Å². The molecule has 0 radical (unpaired) electrons. The van der Waals surface area contributed by atoms with Crippen LogP contribution in [0.5, 0.6) is 5.75 Å². The van der Waals surface area contributed by atoms with Crippen molar-refractivity contribution in [3.05, 3.63) is 29.3 Å². The normalized spacial score (nSPS) is 11.1. The van der Waals surface area contributed by atoms with Crippen molar-refractivity contribution in [3.63, 3.8) is 0 Å². The molecule has 104 valence electrons. The Hall–Kier alpha value is -1.67. The molecule has 0 aromatic heterocycles. The van der Waals surface area contributed by atoms with Crippen LogP contribution in [-0.2, 0) is 12.6 Å². The second-order valence-corrected chi connectivity index (χ2v) is 4.02. The average molecular weight is 271 g/mol. The van der Waals surface area contributed by atoms with Crippen LogP contribution in [0.15, 0.2) is 18.2 Å². The first kappa shape index (κ1) is 15.4. The van der Waals surface area contributed by atoms with Gasteiger partial charge in [0.2, 0.25) is 0 Å². The Bertz CT molecular complexity index is 449. The van der Waals surface area contributed by atoms with Gasteiger partial charge in [-0.2, -0.15) is 13.2 Å². The molecule has 0 heterocycles. The van der Waals surface area contributed by atoms with Gasteiger partial charge in [0.25, 0.3) is 0 Å². The van der Waals surface area contributed by atoms with Gasteiger partial charge in [-0.15, -0.1) is 12.3 Å². The van der Waals surface area contributed by atoms with E-state index in [2.05, 4.69) is 5.92 Å². The second kappa shape index (κ2) is 7.05. The molecule has 2 nitrogen and oxygen atoms in total. The van der Waals surface area contributed by atoms with Gasteiger partial charge in [-0.3, -0.25) is 0 Å². The van der Waals surface area contributed by atoms with Gasteiger partial charge in [0.05, 0.1) is 12.2 Å². The van der Waals surface area contributed by atoms with Crippen molar-refractivity contribution in [1.82, 2.24) is 0 Å². The molecule has 0 spiro atoms. The van der Waals surface area contributed by atoms with Gasteiger partial charge >= 0.3 is 6.18 Å². The highest BCUT2D eigenvalue weighted by molar-refractivity contribution is 5.39. The fourth-order valence-corrected chi connectivity index (χ4v) is 1.60. The summed E-state index contributed by atoms with van der Waals surface area (Å²) in [4.78, 5) is 0. The SMILES string of the molecule is C#CCCCOc1ccc(CCN)cc1C(F)(F)F. The Morgan fingerprint density at radius 3 is 2.63 bits per heavy atom. The molecule has 0 fully saturated rings. The molecule has 1 aromatic rings. The van der Waals surface area contributed by atoms with Gasteiger partial charge in [-0.05, 0) is 37.1 Å². The lowest BCUT2D eigenvalue weighted by molar-refractivity contribution is -0.139. The van der Waals surface area contributed by atoms with Crippen LogP contribution in [0.3, 0.4) is 0 Å². The fraction of sp³-hybridized carbons (Fsp3) is 0.429. The molecule has 0 unspecified atom stereocenters. The molecule has 5 heteroatoms. The minimum Gasteiger partial charge on any atom is -0.493 e. The largest absolute Gasteiger partial charge is 0.493 e. The van der Waals surface area contributed by atoms with E-state index in [-0.39, 0.29) is 12.4 Å². The maximum atomic E-state index is 12.9. The lowest BCUT2D eigenvalue weighted by Gasteiger charge is -2.15. The first-order valence-corrected chi connectivity index (χ1v) is 5.95. The summed E-state index contributed by atoms with van der Waals surface area (Å²) in [6.45, 7) is 0.475. The summed E-state index contributed by atoms with van der Waals surface area (Å²) in [6, 6.07) is 4.02. The monoisotopic (exact) mass is 271 g/mol. The highest BCUT2D eigenvalue weighted by atomic mass is 19.4. The summed E-state index contributed by atoms with van der Waals surface area (Å²) in [5, 5.41) is 0. The predicted molar refractivity (Wildman–Crippen MR) is 67.8 cm³/mol. The van der Waals surface area contributed by atoms with Crippen molar-refractivity contribution in [3.8, 4) is 18.1 Å². The van der Waals surface area contributed by atoms with Crippen molar-refractivity contribution in [2.45, 2.75) is 25.4 Å². The molecule has 19 heavy (non-hydrogen) atoms. The van der Waals surface area contributed by atoms with E-state index < -0.39 is 11.7 Å². The molecule has 1 rings (SSSR count). The Morgan fingerprint density at radius 1 is 1.32 bits per heavy atom. The van der Waals surface area contributed by atoms with Crippen molar-refractivity contribution in [1.29, 1.82) is 0 Å². The van der Waals surface area contributed by atoms with Gasteiger partial charge < -0.3 is 10.5 Å². The molecular formula is C14H16F3NO. The Balaban J connectivity index is 2.87. The number of hydrogen-bond donors (Lipinski definition) is 1. The van der Waals surface area contributed by atoms with Crippen LogP contribution in [0, 0.1) is 12.3 Å². The number of alkyl halides is 3. The van der Waals surface area contributed by atoms with Crippen molar-refractivity contribution in [2.75, 3.05) is 13.2 Å². The summed E-state index contributed by atoms with van der Waals surface area (Å²) in [5.74, 6) is 2.25. The molecular weight excluding hydrogens is 255 g/mol. The summed E-state index contributed by atoms with van der Waals surface area (Å²) < 4.78 is 43.9. The molecule has 0 amide bonds. The highest BCUT2D eigenvalue weighted by Crippen LogP contribution is 2.37. The third-order valence-corrected chi connectivity index (χ3v) is 2.51. The van der Waals surface area contributed by atoms with Gasteiger partial charge in [0, 0.05) is 6.42 Å². The van der Waals surface area contributed by atoms with Crippen LogP contribution in [0.4, 0.5) is 13.2 Å². The van der Waals surface area contributed by atoms with Crippen LogP contribution in [0.1, 0.15) is 24.0 Å². The lowest BCUT2D eigenvalue weighted by atomic mass is 10.1. The number of benzene rings is 1. The Morgan fingerprint density at radius 2 is 2.05 bits per heavy atom. The van der Waals surface area contributed by atoms with Gasteiger partial charge in [0.15, 0.2) is 0 Å². The van der Waals surface area contributed by atoms with E-state index in [4.69, 9.17) is 16.9 Å². The predicted octanol–water partition coefficient (Wildman–Crippen LogP) is 3.00. The van der Waals surface area contributed by atoms with Crippen molar-refractivity contribution >= 4 is 0 Å². The smallest absolute Gasteiger partial charge is 0.419 e. The summed E-state index contributed by atoms with van der Waals surface area (Å²) in [7, 11) is 0. The Kier molecular flexibility index (Phi) is 5.71. The van der Waals surface area contributed by atoms with Crippen LogP contribution >= 0.6 is 0 Å². The molecule has 0 atom stereocenters. The lowest BCUT2D eigenvalue weighted by Crippen LogP contribution is -2.11. The standard InChI is InChI=1S/C14H16F3NO/c1-2-3-4-9-19-13-6-5-11(7-8-18)10-12(13)14(15,16)17/h1,5-6,10H,3-4,7-9,18H2. The van der Waals surface area contributed by atoms with E-state index in [0.29, 0.717) is 31.4 Å². The number of ether oxygens (including phenoxy) is 1. The van der Waals surface area contributed by atoms with E-state index in [9.17, 15) is 13.2 Å². The zero-order valence-corrected chi connectivity index (χ0v) is 10.5.